The van der Waals surface area contributed by atoms with Gasteiger partial charge in [-0.2, -0.15) is 0 Å². The molecule has 0 saturated heterocycles. The first-order valence-corrected chi connectivity index (χ1v) is 8.02. The van der Waals surface area contributed by atoms with Gasteiger partial charge >= 0.3 is 0 Å². The number of aromatic nitrogens is 1. The van der Waals surface area contributed by atoms with Gasteiger partial charge in [-0.05, 0) is 55.9 Å². The number of nitrogens with one attached hydrogen (secondary N) is 2. The molecule has 1 heterocycles. The van der Waals surface area contributed by atoms with Crippen molar-refractivity contribution in [2.24, 2.45) is 5.41 Å². The number of H-pyrrole nitrogens is 1. The fraction of sp³-hybridized carbons (Fsp3) is 0.706. The van der Waals surface area contributed by atoms with Crippen LogP contribution in [0.25, 0.3) is 0 Å². The van der Waals surface area contributed by atoms with Crippen LogP contribution in [0.4, 0.5) is 0 Å². The summed E-state index contributed by atoms with van der Waals surface area (Å²) in [5.41, 5.74) is 3.02. The largest absolute Gasteiger partial charge is 0.326 e. The molecule has 0 amide bonds. The lowest BCUT2D eigenvalue weighted by Crippen LogP contribution is -2.39. The summed E-state index contributed by atoms with van der Waals surface area (Å²) in [4.78, 5) is 14.4. The number of hydrogen-bond acceptors (Lipinski definition) is 2. The van der Waals surface area contributed by atoms with Gasteiger partial charge < -0.3 is 10.3 Å². The maximum Gasteiger partial charge on any atom is 0.248 e. The van der Waals surface area contributed by atoms with E-state index in [0.29, 0.717) is 17.5 Å². The minimum absolute atomic E-state index is 0.0313. The highest BCUT2D eigenvalue weighted by molar-refractivity contribution is 5.26. The minimum Gasteiger partial charge on any atom is -0.326 e. The molecular weight excluding hydrogens is 248 g/mol. The lowest BCUT2D eigenvalue weighted by molar-refractivity contribution is 0.195. The fourth-order valence-corrected chi connectivity index (χ4v) is 3.72. The first-order valence-electron chi connectivity index (χ1n) is 8.02. The fourth-order valence-electron chi connectivity index (χ4n) is 3.72. The highest BCUT2D eigenvalue weighted by Crippen LogP contribution is 2.37. The average Bonchev–Trinajstić information content (AvgIpc) is 2.41. The van der Waals surface area contributed by atoms with Gasteiger partial charge in [0.1, 0.15) is 0 Å². The Labute approximate surface area is 121 Å². The van der Waals surface area contributed by atoms with Gasteiger partial charge in [-0.15, -0.1) is 0 Å². The van der Waals surface area contributed by atoms with Gasteiger partial charge in [0.2, 0.25) is 5.56 Å². The zero-order chi connectivity index (χ0) is 14.2. The van der Waals surface area contributed by atoms with E-state index in [1.165, 1.54) is 44.1 Å². The van der Waals surface area contributed by atoms with Crippen molar-refractivity contribution in [2.45, 2.75) is 70.9 Å². The van der Waals surface area contributed by atoms with Crippen LogP contribution in [-0.2, 0) is 6.42 Å². The molecule has 110 valence electrons. The van der Waals surface area contributed by atoms with E-state index >= 15 is 0 Å². The summed E-state index contributed by atoms with van der Waals surface area (Å²) in [6.07, 6.45) is 8.57. The number of hydrogen-bond donors (Lipinski definition) is 2. The van der Waals surface area contributed by atoms with Gasteiger partial charge in [-0.25, -0.2) is 0 Å². The normalized spacial score (nSPS) is 26.2. The first-order chi connectivity index (χ1) is 9.53. The molecule has 1 unspecified atom stereocenters. The standard InChI is InChI=1S/C17H26N2O/c1-17(2)10-8-12(9-11-17)18-14-4-3-5-15-13(14)6-7-16(20)19-15/h6-7,12,14,18H,3-5,8-11H2,1-2H3,(H,19,20). The Balaban J connectivity index is 1.69. The lowest BCUT2D eigenvalue weighted by Gasteiger charge is -2.37. The monoisotopic (exact) mass is 274 g/mol. The van der Waals surface area contributed by atoms with Gasteiger partial charge in [0.05, 0.1) is 0 Å². The lowest BCUT2D eigenvalue weighted by atomic mass is 9.75. The third-order valence-corrected chi connectivity index (χ3v) is 5.11. The molecule has 2 aliphatic rings. The Bertz CT molecular complexity index is 522. The van der Waals surface area contributed by atoms with Gasteiger partial charge in [0.15, 0.2) is 0 Å². The van der Waals surface area contributed by atoms with Crippen LogP contribution in [0.3, 0.4) is 0 Å². The molecule has 3 rings (SSSR count). The highest BCUT2D eigenvalue weighted by Gasteiger charge is 2.29. The zero-order valence-electron chi connectivity index (χ0n) is 12.7. The van der Waals surface area contributed by atoms with E-state index < -0.39 is 0 Å². The summed E-state index contributed by atoms with van der Waals surface area (Å²) in [6.45, 7) is 4.76. The van der Waals surface area contributed by atoms with E-state index in [9.17, 15) is 4.79 Å². The van der Waals surface area contributed by atoms with Crippen molar-refractivity contribution < 1.29 is 0 Å². The molecule has 0 spiro atoms. The van der Waals surface area contributed by atoms with Crippen molar-refractivity contribution in [1.82, 2.24) is 10.3 Å². The van der Waals surface area contributed by atoms with Crippen molar-refractivity contribution in [3.63, 3.8) is 0 Å². The summed E-state index contributed by atoms with van der Waals surface area (Å²) in [5, 5.41) is 3.85. The molecule has 20 heavy (non-hydrogen) atoms. The number of pyridine rings is 1. The maximum atomic E-state index is 11.4. The Morgan fingerprint density at radius 3 is 2.70 bits per heavy atom. The second kappa shape index (κ2) is 5.36. The molecule has 1 fully saturated rings. The van der Waals surface area contributed by atoms with E-state index in [0.717, 1.165) is 12.1 Å². The van der Waals surface area contributed by atoms with Crippen LogP contribution in [0.5, 0.6) is 0 Å². The molecule has 1 saturated carbocycles. The van der Waals surface area contributed by atoms with E-state index in [1.807, 2.05) is 6.07 Å². The average molecular weight is 274 g/mol. The van der Waals surface area contributed by atoms with Crippen LogP contribution < -0.4 is 10.9 Å². The molecule has 0 aliphatic heterocycles. The Kier molecular flexibility index (Phi) is 3.72. The SMILES string of the molecule is CC1(C)CCC(NC2CCCc3[nH]c(=O)ccc32)CC1. The zero-order valence-corrected chi connectivity index (χ0v) is 12.7. The van der Waals surface area contributed by atoms with Gasteiger partial charge in [0, 0.05) is 23.8 Å². The molecule has 0 radical (unpaired) electrons. The Morgan fingerprint density at radius 2 is 1.95 bits per heavy atom. The molecule has 3 nitrogen and oxygen atoms in total. The number of fused-ring (bicyclic) bond motifs is 1. The molecule has 1 atom stereocenters. The first kappa shape index (κ1) is 13.9. The van der Waals surface area contributed by atoms with Crippen LogP contribution in [-0.4, -0.2) is 11.0 Å². The van der Waals surface area contributed by atoms with E-state index in [-0.39, 0.29) is 5.56 Å². The molecule has 0 aromatic carbocycles. The minimum atomic E-state index is 0.0313. The van der Waals surface area contributed by atoms with Crippen LogP contribution >= 0.6 is 0 Å². The van der Waals surface area contributed by atoms with Crippen molar-refractivity contribution in [3.8, 4) is 0 Å². The number of aryl methyl sites for hydroxylation is 1. The molecule has 1 aromatic heterocycles. The summed E-state index contributed by atoms with van der Waals surface area (Å²) in [7, 11) is 0. The van der Waals surface area contributed by atoms with Gasteiger partial charge in [-0.1, -0.05) is 19.9 Å². The molecule has 3 heteroatoms. The van der Waals surface area contributed by atoms with Gasteiger partial charge in [0.25, 0.3) is 0 Å². The van der Waals surface area contributed by atoms with E-state index in [2.05, 4.69) is 24.1 Å². The van der Waals surface area contributed by atoms with E-state index in [1.54, 1.807) is 6.07 Å². The molecule has 0 bridgehead atoms. The maximum absolute atomic E-state index is 11.4. The third kappa shape index (κ3) is 2.98. The predicted molar refractivity (Wildman–Crippen MR) is 81.9 cm³/mol. The van der Waals surface area contributed by atoms with E-state index in [4.69, 9.17) is 0 Å². The number of rotatable bonds is 2. The number of aromatic amines is 1. The van der Waals surface area contributed by atoms with Crippen LogP contribution in [0.2, 0.25) is 0 Å². The highest BCUT2D eigenvalue weighted by atomic mass is 16.1. The Morgan fingerprint density at radius 1 is 1.20 bits per heavy atom. The van der Waals surface area contributed by atoms with Crippen molar-refractivity contribution in [1.29, 1.82) is 0 Å². The third-order valence-electron chi connectivity index (χ3n) is 5.11. The predicted octanol–water partition coefficient (Wildman–Crippen LogP) is 3.31. The quantitative estimate of drug-likeness (QED) is 0.869. The molecule has 2 aliphatic carbocycles. The second-order valence-corrected chi connectivity index (χ2v) is 7.31. The molecule has 1 aromatic rings. The van der Waals surface area contributed by atoms with Crippen molar-refractivity contribution in [3.05, 3.63) is 33.7 Å². The van der Waals surface area contributed by atoms with Crippen LogP contribution in [0.1, 0.15) is 69.7 Å². The summed E-state index contributed by atoms with van der Waals surface area (Å²) in [6, 6.07) is 4.77. The molecular formula is C17H26N2O. The second-order valence-electron chi connectivity index (χ2n) is 7.31. The van der Waals surface area contributed by atoms with Crippen LogP contribution in [0.15, 0.2) is 16.9 Å². The van der Waals surface area contributed by atoms with Crippen molar-refractivity contribution >= 4 is 0 Å². The topological polar surface area (TPSA) is 44.9 Å². The smallest absolute Gasteiger partial charge is 0.248 e. The molecule has 2 N–H and O–H groups in total. The van der Waals surface area contributed by atoms with Crippen molar-refractivity contribution in [2.75, 3.05) is 0 Å². The van der Waals surface area contributed by atoms with Gasteiger partial charge in [-0.3, -0.25) is 4.79 Å². The summed E-state index contributed by atoms with van der Waals surface area (Å²) in [5.74, 6) is 0. The van der Waals surface area contributed by atoms with Crippen LogP contribution in [0, 0.1) is 5.41 Å². The summed E-state index contributed by atoms with van der Waals surface area (Å²) < 4.78 is 0. The summed E-state index contributed by atoms with van der Waals surface area (Å²) >= 11 is 0. The Hall–Kier alpha value is -1.09.